The van der Waals surface area contributed by atoms with E-state index in [-0.39, 0.29) is 17.6 Å². The SMILES string of the molecule is CCCN(C1CC1)C(C)C(=O)Nc1ccc(F)c(N)c1. The Hall–Kier alpha value is -1.62. The van der Waals surface area contributed by atoms with E-state index >= 15 is 0 Å². The van der Waals surface area contributed by atoms with Gasteiger partial charge in [-0.25, -0.2) is 4.39 Å². The molecule has 0 bridgehead atoms. The highest BCUT2D eigenvalue weighted by atomic mass is 19.1. The van der Waals surface area contributed by atoms with Crippen molar-refractivity contribution in [3.63, 3.8) is 0 Å². The molecule has 1 fully saturated rings. The van der Waals surface area contributed by atoms with Crippen LogP contribution in [0.5, 0.6) is 0 Å². The van der Waals surface area contributed by atoms with Crippen molar-refractivity contribution >= 4 is 17.3 Å². The molecule has 3 N–H and O–H groups in total. The molecule has 1 aliphatic carbocycles. The summed E-state index contributed by atoms with van der Waals surface area (Å²) in [5.41, 5.74) is 6.08. The normalized spacial score (nSPS) is 16.2. The second-order valence-electron chi connectivity index (χ2n) is 5.37. The smallest absolute Gasteiger partial charge is 0.241 e. The Labute approximate surface area is 119 Å². The van der Waals surface area contributed by atoms with E-state index in [0.717, 1.165) is 13.0 Å². The number of carbonyl (C=O) groups excluding carboxylic acids is 1. The molecule has 0 spiro atoms. The zero-order valence-electron chi connectivity index (χ0n) is 12.0. The van der Waals surface area contributed by atoms with Crippen molar-refractivity contribution in [1.29, 1.82) is 0 Å². The van der Waals surface area contributed by atoms with Gasteiger partial charge >= 0.3 is 0 Å². The molecule has 0 heterocycles. The van der Waals surface area contributed by atoms with E-state index in [9.17, 15) is 9.18 Å². The van der Waals surface area contributed by atoms with Gasteiger partial charge in [0, 0.05) is 11.7 Å². The lowest BCUT2D eigenvalue weighted by Crippen LogP contribution is -2.43. The molecule has 20 heavy (non-hydrogen) atoms. The van der Waals surface area contributed by atoms with Gasteiger partial charge in [-0.05, 0) is 50.9 Å². The summed E-state index contributed by atoms with van der Waals surface area (Å²) in [7, 11) is 0. The summed E-state index contributed by atoms with van der Waals surface area (Å²) < 4.78 is 13.1. The second-order valence-corrected chi connectivity index (χ2v) is 5.37. The van der Waals surface area contributed by atoms with Gasteiger partial charge < -0.3 is 11.1 Å². The van der Waals surface area contributed by atoms with Crippen molar-refractivity contribution in [2.75, 3.05) is 17.6 Å². The lowest BCUT2D eigenvalue weighted by atomic mass is 10.2. The molecule has 1 atom stereocenters. The Morgan fingerprint density at radius 1 is 1.55 bits per heavy atom. The molecule has 0 aromatic heterocycles. The van der Waals surface area contributed by atoms with Crippen molar-refractivity contribution in [2.45, 2.75) is 45.2 Å². The maximum absolute atomic E-state index is 13.1. The molecule has 1 aromatic carbocycles. The van der Waals surface area contributed by atoms with E-state index < -0.39 is 5.82 Å². The first-order chi connectivity index (χ1) is 9.52. The van der Waals surface area contributed by atoms with Gasteiger partial charge in [0.05, 0.1) is 11.7 Å². The Balaban J connectivity index is 2.00. The standard InChI is InChI=1S/C15H22FN3O/c1-3-8-19(12-5-6-12)10(2)15(20)18-11-4-7-13(16)14(17)9-11/h4,7,9-10,12H,3,5-6,8,17H2,1-2H3,(H,18,20). The van der Waals surface area contributed by atoms with Crippen LogP contribution in [0.2, 0.25) is 0 Å². The molecule has 1 saturated carbocycles. The molecule has 1 unspecified atom stereocenters. The molecule has 0 radical (unpaired) electrons. The van der Waals surface area contributed by atoms with Crippen LogP contribution < -0.4 is 11.1 Å². The van der Waals surface area contributed by atoms with Gasteiger partial charge in [0.1, 0.15) is 5.82 Å². The molecule has 110 valence electrons. The quantitative estimate of drug-likeness (QED) is 0.787. The predicted octanol–water partition coefficient (Wildman–Crippen LogP) is 2.61. The van der Waals surface area contributed by atoms with E-state index in [1.807, 2.05) is 6.92 Å². The zero-order chi connectivity index (χ0) is 14.7. The van der Waals surface area contributed by atoms with Crippen molar-refractivity contribution in [3.05, 3.63) is 24.0 Å². The molecule has 1 aromatic rings. The van der Waals surface area contributed by atoms with E-state index in [0.29, 0.717) is 11.7 Å². The highest BCUT2D eigenvalue weighted by Crippen LogP contribution is 2.29. The Morgan fingerprint density at radius 2 is 2.25 bits per heavy atom. The Kier molecular flexibility index (Phi) is 4.60. The lowest BCUT2D eigenvalue weighted by molar-refractivity contribution is -0.121. The number of benzene rings is 1. The van der Waals surface area contributed by atoms with Gasteiger partial charge in [-0.2, -0.15) is 0 Å². The highest BCUT2D eigenvalue weighted by Gasteiger charge is 2.34. The van der Waals surface area contributed by atoms with Crippen molar-refractivity contribution < 1.29 is 9.18 Å². The largest absolute Gasteiger partial charge is 0.396 e. The minimum atomic E-state index is -0.471. The van der Waals surface area contributed by atoms with Gasteiger partial charge in [0.25, 0.3) is 0 Å². The van der Waals surface area contributed by atoms with E-state index in [1.54, 1.807) is 0 Å². The maximum Gasteiger partial charge on any atom is 0.241 e. The van der Waals surface area contributed by atoms with E-state index in [1.165, 1.54) is 31.0 Å². The van der Waals surface area contributed by atoms with Crippen LogP contribution in [0.1, 0.15) is 33.1 Å². The Morgan fingerprint density at radius 3 is 2.80 bits per heavy atom. The number of nitrogens with one attached hydrogen (secondary N) is 1. The third-order valence-electron chi connectivity index (χ3n) is 3.64. The summed E-state index contributed by atoms with van der Waals surface area (Å²) in [6.45, 7) is 4.95. The van der Waals surface area contributed by atoms with Crippen LogP contribution in [0.15, 0.2) is 18.2 Å². The average molecular weight is 279 g/mol. The lowest BCUT2D eigenvalue weighted by Gasteiger charge is -2.27. The summed E-state index contributed by atoms with van der Waals surface area (Å²) in [5, 5.41) is 2.80. The molecule has 1 aliphatic rings. The number of carbonyl (C=O) groups is 1. The number of nitrogen functional groups attached to an aromatic ring is 1. The Bertz CT molecular complexity index is 488. The van der Waals surface area contributed by atoms with Crippen LogP contribution in [-0.2, 0) is 4.79 Å². The summed E-state index contributed by atoms with van der Waals surface area (Å²) in [6, 6.07) is 4.59. The van der Waals surface area contributed by atoms with Crippen LogP contribution in [0, 0.1) is 5.82 Å². The van der Waals surface area contributed by atoms with Gasteiger partial charge in [-0.1, -0.05) is 6.92 Å². The topological polar surface area (TPSA) is 58.4 Å². The summed E-state index contributed by atoms with van der Waals surface area (Å²) in [5.74, 6) is -0.544. The van der Waals surface area contributed by atoms with Crippen molar-refractivity contribution in [3.8, 4) is 0 Å². The predicted molar refractivity (Wildman–Crippen MR) is 78.9 cm³/mol. The number of anilines is 2. The monoisotopic (exact) mass is 279 g/mol. The first-order valence-electron chi connectivity index (χ1n) is 7.14. The van der Waals surface area contributed by atoms with Crippen LogP contribution in [0.25, 0.3) is 0 Å². The minimum absolute atomic E-state index is 0.0445. The van der Waals surface area contributed by atoms with Gasteiger partial charge in [-0.15, -0.1) is 0 Å². The highest BCUT2D eigenvalue weighted by molar-refractivity contribution is 5.95. The van der Waals surface area contributed by atoms with Crippen LogP contribution in [-0.4, -0.2) is 29.4 Å². The molecular formula is C15H22FN3O. The summed E-state index contributed by atoms with van der Waals surface area (Å²) >= 11 is 0. The van der Waals surface area contributed by atoms with Crippen molar-refractivity contribution in [2.24, 2.45) is 0 Å². The molecule has 0 saturated heterocycles. The molecule has 4 nitrogen and oxygen atoms in total. The molecule has 5 heteroatoms. The molecule has 1 amide bonds. The zero-order valence-corrected chi connectivity index (χ0v) is 12.0. The van der Waals surface area contributed by atoms with Crippen LogP contribution in [0.3, 0.4) is 0 Å². The number of rotatable bonds is 6. The first kappa shape index (κ1) is 14.8. The molecular weight excluding hydrogens is 257 g/mol. The van der Waals surface area contributed by atoms with Gasteiger partial charge in [0.2, 0.25) is 5.91 Å². The first-order valence-corrected chi connectivity index (χ1v) is 7.14. The number of nitrogens with two attached hydrogens (primary N) is 1. The van der Waals surface area contributed by atoms with Crippen LogP contribution >= 0.6 is 0 Å². The third kappa shape index (κ3) is 3.48. The fraction of sp³-hybridized carbons (Fsp3) is 0.533. The summed E-state index contributed by atoms with van der Waals surface area (Å²) in [6.07, 6.45) is 3.36. The number of hydrogen-bond donors (Lipinski definition) is 2. The van der Waals surface area contributed by atoms with Gasteiger partial charge in [-0.3, -0.25) is 9.69 Å². The van der Waals surface area contributed by atoms with E-state index in [4.69, 9.17) is 5.73 Å². The van der Waals surface area contributed by atoms with E-state index in [2.05, 4.69) is 17.1 Å². The average Bonchev–Trinajstić information content (AvgIpc) is 3.24. The number of hydrogen-bond acceptors (Lipinski definition) is 3. The number of halogens is 1. The molecule has 0 aliphatic heterocycles. The fourth-order valence-corrected chi connectivity index (χ4v) is 2.38. The summed E-state index contributed by atoms with van der Waals surface area (Å²) in [4.78, 5) is 14.5. The maximum atomic E-state index is 13.1. The minimum Gasteiger partial charge on any atom is -0.396 e. The second kappa shape index (κ2) is 6.22. The number of nitrogens with zero attached hydrogens (tertiary/aromatic N) is 1. The van der Waals surface area contributed by atoms with Crippen LogP contribution in [0.4, 0.5) is 15.8 Å². The third-order valence-corrected chi connectivity index (χ3v) is 3.64. The molecule has 2 rings (SSSR count). The van der Waals surface area contributed by atoms with Crippen molar-refractivity contribution in [1.82, 2.24) is 4.90 Å². The number of amides is 1. The van der Waals surface area contributed by atoms with Gasteiger partial charge in [0.15, 0.2) is 0 Å². The fourth-order valence-electron chi connectivity index (χ4n) is 2.38.